The van der Waals surface area contributed by atoms with Gasteiger partial charge in [-0.05, 0) is 37.9 Å². The predicted octanol–water partition coefficient (Wildman–Crippen LogP) is 3.08. The zero-order valence-corrected chi connectivity index (χ0v) is 15.6. The maximum atomic E-state index is 12.7. The molecule has 0 spiro atoms. The molecule has 1 aromatic rings. The van der Waals surface area contributed by atoms with Gasteiger partial charge in [0.05, 0.1) is 5.02 Å². The summed E-state index contributed by atoms with van der Waals surface area (Å²) in [7, 11) is -0.309. The van der Waals surface area contributed by atoms with Crippen molar-refractivity contribution in [2.45, 2.75) is 24.4 Å². The molecule has 4 nitrogen and oxygen atoms in total. The Morgan fingerprint density at radius 2 is 1.95 bits per heavy atom. The molecule has 1 unspecified atom stereocenters. The lowest BCUT2D eigenvalue weighted by atomic mass is 10.2. The van der Waals surface area contributed by atoms with Gasteiger partial charge in [0.25, 0.3) is 0 Å². The summed E-state index contributed by atoms with van der Waals surface area (Å²) in [4.78, 5) is 0.0919. The van der Waals surface area contributed by atoms with Gasteiger partial charge >= 0.3 is 0 Å². The number of nitrogens with one attached hydrogen (secondary N) is 1. The molecule has 0 saturated carbocycles. The third-order valence-corrected chi connectivity index (χ3v) is 6.76. The van der Waals surface area contributed by atoms with Crippen molar-refractivity contribution in [2.24, 2.45) is 0 Å². The molecular weight excluding hydrogens is 351 g/mol. The summed E-state index contributed by atoms with van der Waals surface area (Å²) in [5, 5.41) is 3.55. The summed E-state index contributed by atoms with van der Waals surface area (Å²) in [5.74, 6) is 0.713. The fourth-order valence-electron chi connectivity index (χ4n) is 1.83. The second kappa shape index (κ2) is 8.04. The molecule has 0 fully saturated rings. The fourth-order valence-corrected chi connectivity index (χ4v) is 4.83. The highest BCUT2D eigenvalue weighted by Crippen LogP contribution is 2.31. The van der Waals surface area contributed by atoms with Crippen LogP contribution >= 0.6 is 35.0 Å². The van der Waals surface area contributed by atoms with E-state index in [0.717, 1.165) is 0 Å². The molecule has 0 aromatic heterocycles. The van der Waals surface area contributed by atoms with Crippen molar-refractivity contribution >= 4 is 45.0 Å². The van der Waals surface area contributed by atoms with Crippen LogP contribution in [0, 0.1) is 0 Å². The first-order valence-electron chi connectivity index (χ1n) is 6.35. The Balaban J connectivity index is 3.27. The summed E-state index contributed by atoms with van der Waals surface area (Å²) in [5.41, 5.74) is 0.702. The van der Waals surface area contributed by atoms with Crippen molar-refractivity contribution in [2.75, 3.05) is 26.1 Å². The van der Waals surface area contributed by atoms with Gasteiger partial charge in [-0.2, -0.15) is 16.1 Å². The zero-order valence-electron chi connectivity index (χ0n) is 12.5. The Bertz CT molecular complexity index is 594. The van der Waals surface area contributed by atoms with Gasteiger partial charge in [0, 0.05) is 30.4 Å². The highest BCUT2D eigenvalue weighted by atomic mass is 35.5. The zero-order chi connectivity index (χ0) is 16.2. The van der Waals surface area contributed by atoms with E-state index in [1.165, 1.54) is 10.4 Å². The van der Waals surface area contributed by atoms with E-state index in [-0.39, 0.29) is 16.0 Å². The molecule has 0 heterocycles. The van der Waals surface area contributed by atoms with Gasteiger partial charge in [0.1, 0.15) is 4.90 Å². The van der Waals surface area contributed by atoms with E-state index in [9.17, 15) is 8.42 Å². The number of sulfonamides is 1. The number of hydrogen-bond donors (Lipinski definition) is 1. The standard InChI is InChI=1S/C13H20Cl2N2O2S2/c1-9(8-20-4)17(3)21(18,19)13-5-10(7-16-2)11(14)6-12(13)15/h5-6,9,16H,7-8H2,1-4H3. The number of nitrogens with zero attached hydrogens (tertiary/aromatic N) is 1. The van der Waals surface area contributed by atoms with E-state index < -0.39 is 10.0 Å². The SMILES string of the molecule is CNCc1cc(S(=O)(=O)N(C)C(C)CSC)c(Cl)cc1Cl. The first kappa shape index (κ1) is 19.1. The number of benzene rings is 1. The largest absolute Gasteiger partial charge is 0.316 e. The quantitative estimate of drug-likeness (QED) is 0.800. The molecule has 21 heavy (non-hydrogen) atoms. The Morgan fingerprint density at radius 3 is 2.48 bits per heavy atom. The summed E-state index contributed by atoms with van der Waals surface area (Å²) >= 11 is 13.8. The number of thioether (sulfide) groups is 1. The minimum Gasteiger partial charge on any atom is -0.316 e. The van der Waals surface area contributed by atoms with Crippen molar-refractivity contribution in [3.63, 3.8) is 0 Å². The third kappa shape index (κ3) is 4.50. The number of hydrogen-bond acceptors (Lipinski definition) is 4. The van der Waals surface area contributed by atoms with E-state index in [4.69, 9.17) is 23.2 Å². The topological polar surface area (TPSA) is 49.4 Å². The molecule has 1 atom stereocenters. The summed E-state index contributed by atoms with van der Waals surface area (Å²) in [6, 6.07) is 2.90. The predicted molar refractivity (Wildman–Crippen MR) is 92.0 cm³/mol. The minimum absolute atomic E-state index is 0.0919. The van der Waals surface area contributed by atoms with Gasteiger partial charge < -0.3 is 5.32 Å². The van der Waals surface area contributed by atoms with Crippen molar-refractivity contribution < 1.29 is 8.42 Å². The summed E-state index contributed by atoms with van der Waals surface area (Å²) in [6.07, 6.45) is 1.94. The normalized spacial score (nSPS) is 13.7. The molecule has 0 aliphatic rings. The van der Waals surface area contributed by atoms with E-state index in [1.807, 2.05) is 13.2 Å². The first-order valence-corrected chi connectivity index (χ1v) is 9.94. The molecule has 0 bridgehead atoms. The molecule has 0 aliphatic heterocycles. The smallest absolute Gasteiger partial charge is 0.244 e. The van der Waals surface area contributed by atoms with Crippen LogP contribution in [0.4, 0.5) is 0 Å². The Hall–Kier alpha value is 0.0200. The maximum Gasteiger partial charge on any atom is 0.244 e. The molecule has 0 radical (unpaired) electrons. The Labute approximate surface area is 141 Å². The van der Waals surface area contributed by atoms with E-state index in [1.54, 1.807) is 31.9 Å². The molecule has 1 rings (SSSR count). The fraction of sp³-hybridized carbons (Fsp3) is 0.538. The Kier molecular flexibility index (Phi) is 7.30. The number of halogens is 2. The van der Waals surface area contributed by atoms with Crippen LogP contribution in [0.3, 0.4) is 0 Å². The number of rotatable bonds is 7. The Morgan fingerprint density at radius 1 is 1.33 bits per heavy atom. The highest BCUT2D eigenvalue weighted by Gasteiger charge is 2.28. The molecule has 8 heteroatoms. The minimum atomic E-state index is -3.65. The lowest BCUT2D eigenvalue weighted by Gasteiger charge is -2.24. The lowest BCUT2D eigenvalue weighted by molar-refractivity contribution is 0.415. The monoisotopic (exact) mass is 370 g/mol. The van der Waals surface area contributed by atoms with Gasteiger partial charge in [-0.15, -0.1) is 0 Å². The lowest BCUT2D eigenvalue weighted by Crippen LogP contribution is -2.36. The van der Waals surface area contributed by atoms with Crippen LogP contribution in [0.15, 0.2) is 17.0 Å². The van der Waals surface area contributed by atoms with Crippen molar-refractivity contribution in [3.8, 4) is 0 Å². The van der Waals surface area contributed by atoms with E-state index in [2.05, 4.69) is 5.32 Å². The third-order valence-electron chi connectivity index (χ3n) is 3.15. The average Bonchev–Trinajstić information content (AvgIpc) is 2.41. The average molecular weight is 371 g/mol. The molecule has 120 valence electrons. The van der Waals surface area contributed by atoms with Crippen molar-refractivity contribution in [1.82, 2.24) is 9.62 Å². The van der Waals surface area contributed by atoms with E-state index >= 15 is 0 Å². The molecule has 1 N–H and O–H groups in total. The molecule has 0 amide bonds. The molecule has 0 saturated heterocycles. The van der Waals surface area contributed by atoms with E-state index in [0.29, 0.717) is 22.9 Å². The van der Waals surface area contributed by atoms with Crippen LogP contribution in [-0.2, 0) is 16.6 Å². The first-order chi connectivity index (χ1) is 9.75. The summed E-state index contributed by atoms with van der Waals surface area (Å²) < 4.78 is 26.8. The van der Waals surface area contributed by atoms with Crippen LogP contribution in [0.25, 0.3) is 0 Å². The van der Waals surface area contributed by atoms with Crippen LogP contribution in [-0.4, -0.2) is 44.9 Å². The van der Waals surface area contributed by atoms with Gasteiger partial charge in [0.2, 0.25) is 10.0 Å². The van der Waals surface area contributed by atoms with Gasteiger partial charge in [0.15, 0.2) is 0 Å². The van der Waals surface area contributed by atoms with Crippen LogP contribution in [0.5, 0.6) is 0 Å². The highest BCUT2D eigenvalue weighted by molar-refractivity contribution is 7.98. The second-order valence-electron chi connectivity index (χ2n) is 4.73. The van der Waals surface area contributed by atoms with Gasteiger partial charge in [-0.25, -0.2) is 8.42 Å². The van der Waals surface area contributed by atoms with Crippen LogP contribution in [0.1, 0.15) is 12.5 Å². The maximum absolute atomic E-state index is 12.7. The molecular formula is C13H20Cl2N2O2S2. The van der Waals surface area contributed by atoms with Crippen LogP contribution < -0.4 is 5.32 Å². The van der Waals surface area contributed by atoms with Gasteiger partial charge in [-0.1, -0.05) is 23.2 Å². The van der Waals surface area contributed by atoms with Gasteiger partial charge in [-0.3, -0.25) is 0 Å². The van der Waals surface area contributed by atoms with Crippen molar-refractivity contribution in [1.29, 1.82) is 0 Å². The van der Waals surface area contributed by atoms with Crippen molar-refractivity contribution in [3.05, 3.63) is 27.7 Å². The molecule has 0 aliphatic carbocycles. The second-order valence-corrected chi connectivity index (χ2v) is 8.42. The summed E-state index contributed by atoms with van der Waals surface area (Å²) in [6.45, 7) is 2.34. The van der Waals surface area contributed by atoms with Crippen LogP contribution in [0.2, 0.25) is 10.0 Å². The molecule has 1 aromatic carbocycles.